The number of hydrogen-bond donors (Lipinski definition) is 6. The van der Waals surface area contributed by atoms with Crippen LogP contribution in [0.4, 0.5) is 9.59 Å². The molecular weight excluding hydrogens is 360 g/mol. The molecule has 0 saturated carbocycles. The second-order valence-corrected chi connectivity index (χ2v) is 8.53. The molecular formula is C12H22N4O6S2. The molecule has 0 heterocycles. The third-order valence-electron chi connectivity index (χ3n) is 2.75. The predicted molar refractivity (Wildman–Crippen MR) is 91.0 cm³/mol. The average molecular weight is 382 g/mol. The molecule has 0 aromatic carbocycles. The summed E-state index contributed by atoms with van der Waals surface area (Å²) in [5.41, 5.74) is 9.80. The van der Waals surface area contributed by atoms with Crippen LogP contribution < -0.4 is 22.1 Å². The van der Waals surface area contributed by atoms with E-state index >= 15 is 0 Å². The van der Waals surface area contributed by atoms with Gasteiger partial charge in [0.1, 0.15) is 5.37 Å². The molecule has 0 aliphatic rings. The van der Waals surface area contributed by atoms with Crippen molar-refractivity contribution in [3.05, 3.63) is 0 Å². The molecule has 0 fully saturated rings. The van der Waals surface area contributed by atoms with Gasteiger partial charge in [-0.1, -0.05) is 42.4 Å². The zero-order valence-corrected chi connectivity index (χ0v) is 15.1. The number of hydrogen-bond acceptors (Lipinski definition) is 6. The standard InChI is InChI=1S/C12H22N4O6S2/c1-12(2,3)7(8(14)18)9(16-11(21)22)24-23-6(4-5(13)17)15-10(19)20/h6-7,9,15-16H,4H2,1-3H3,(H2,13,17)(H2,14,18)(H,19,20)(H,21,22)/t6?,7-,9?/m1/s1. The first kappa shape index (κ1) is 22.2. The molecule has 0 aliphatic heterocycles. The number of carboxylic acid groups (broad SMARTS) is 2. The van der Waals surface area contributed by atoms with Crippen LogP contribution in [0.1, 0.15) is 27.2 Å². The lowest BCUT2D eigenvalue weighted by molar-refractivity contribution is -0.125. The van der Waals surface area contributed by atoms with Gasteiger partial charge in [-0.25, -0.2) is 9.59 Å². The summed E-state index contributed by atoms with van der Waals surface area (Å²) in [6, 6.07) is 0. The molecule has 12 heteroatoms. The van der Waals surface area contributed by atoms with Gasteiger partial charge in [0, 0.05) is 0 Å². The Morgan fingerprint density at radius 1 is 1.00 bits per heavy atom. The minimum atomic E-state index is -1.36. The van der Waals surface area contributed by atoms with Crippen LogP contribution >= 0.6 is 21.6 Å². The minimum Gasteiger partial charge on any atom is -0.465 e. The van der Waals surface area contributed by atoms with E-state index in [0.29, 0.717) is 0 Å². The molecule has 24 heavy (non-hydrogen) atoms. The van der Waals surface area contributed by atoms with Crippen LogP contribution in [0.25, 0.3) is 0 Å². The first-order valence-corrected chi connectivity index (χ1v) is 9.01. The van der Waals surface area contributed by atoms with Gasteiger partial charge in [0.15, 0.2) is 0 Å². The van der Waals surface area contributed by atoms with E-state index in [4.69, 9.17) is 21.7 Å². The smallest absolute Gasteiger partial charge is 0.405 e. The predicted octanol–water partition coefficient (Wildman–Crippen LogP) is 0.578. The number of carbonyl (C=O) groups is 4. The number of primary amides is 2. The molecule has 2 unspecified atom stereocenters. The average Bonchev–Trinajstić information content (AvgIpc) is 2.31. The van der Waals surface area contributed by atoms with Crippen molar-refractivity contribution in [3.8, 4) is 0 Å². The summed E-state index contributed by atoms with van der Waals surface area (Å²) in [5.74, 6) is -2.30. The Morgan fingerprint density at radius 2 is 1.50 bits per heavy atom. The van der Waals surface area contributed by atoms with Crippen molar-refractivity contribution >= 4 is 45.6 Å². The van der Waals surface area contributed by atoms with Crippen LogP contribution in [0.2, 0.25) is 0 Å². The lowest BCUT2D eigenvalue weighted by Gasteiger charge is -2.34. The van der Waals surface area contributed by atoms with Crippen LogP contribution in [0.3, 0.4) is 0 Å². The Bertz CT molecular complexity index is 480. The molecule has 10 nitrogen and oxygen atoms in total. The normalized spacial score (nSPS) is 15.0. The fourth-order valence-electron chi connectivity index (χ4n) is 1.87. The summed E-state index contributed by atoms with van der Waals surface area (Å²) in [7, 11) is 1.78. The molecule has 0 radical (unpaired) electrons. The monoisotopic (exact) mass is 382 g/mol. The van der Waals surface area contributed by atoms with Gasteiger partial charge >= 0.3 is 12.2 Å². The third kappa shape index (κ3) is 8.72. The third-order valence-corrected chi connectivity index (χ3v) is 5.63. The summed E-state index contributed by atoms with van der Waals surface area (Å²) in [4.78, 5) is 44.5. The quantitative estimate of drug-likeness (QED) is 0.247. The topological polar surface area (TPSA) is 185 Å². The van der Waals surface area contributed by atoms with E-state index in [1.165, 1.54) is 0 Å². The molecule has 3 atom stereocenters. The van der Waals surface area contributed by atoms with Gasteiger partial charge in [0.2, 0.25) is 11.8 Å². The Kier molecular flexibility index (Phi) is 8.75. The summed E-state index contributed by atoms with van der Waals surface area (Å²) in [6.07, 6.45) is -3.01. The van der Waals surface area contributed by atoms with Gasteiger partial charge in [-0.2, -0.15) is 0 Å². The molecule has 138 valence electrons. The zero-order valence-electron chi connectivity index (χ0n) is 13.4. The van der Waals surface area contributed by atoms with Crippen molar-refractivity contribution in [1.29, 1.82) is 0 Å². The molecule has 0 aliphatic carbocycles. The number of nitrogens with two attached hydrogens (primary N) is 2. The van der Waals surface area contributed by atoms with Crippen molar-refractivity contribution in [2.45, 2.75) is 37.9 Å². The maximum Gasteiger partial charge on any atom is 0.405 e. The highest BCUT2D eigenvalue weighted by atomic mass is 33.1. The van der Waals surface area contributed by atoms with Gasteiger partial charge in [-0.15, -0.1) is 0 Å². The second kappa shape index (κ2) is 9.47. The Hall–Kier alpha value is -1.82. The summed E-state index contributed by atoms with van der Waals surface area (Å²) >= 11 is 0. The molecule has 0 bridgehead atoms. The van der Waals surface area contributed by atoms with Crippen LogP contribution in [0.15, 0.2) is 0 Å². The Labute approximate surface area is 146 Å². The van der Waals surface area contributed by atoms with Crippen LogP contribution in [0.5, 0.6) is 0 Å². The highest BCUT2D eigenvalue weighted by molar-refractivity contribution is 8.77. The lowest BCUT2D eigenvalue weighted by Crippen LogP contribution is -2.48. The molecule has 0 aromatic heterocycles. The van der Waals surface area contributed by atoms with Crippen LogP contribution in [-0.2, 0) is 9.59 Å². The summed E-state index contributed by atoms with van der Waals surface area (Å²) in [6.45, 7) is 5.17. The van der Waals surface area contributed by atoms with E-state index in [-0.39, 0.29) is 6.42 Å². The summed E-state index contributed by atoms with van der Waals surface area (Å²) in [5, 5.41) is 20.2. The van der Waals surface area contributed by atoms with Crippen molar-refractivity contribution in [3.63, 3.8) is 0 Å². The van der Waals surface area contributed by atoms with Crippen molar-refractivity contribution in [2.75, 3.05) is 0 Å². The first-order chi connectivity index (χ1) is 10.8. The van der Waals surface area contributed by atoms with E-state index in [2.05, 4.69) is 10.6 Å². The molecule has 4 amide bonds. The van der Waals surface area contributed by atoms with Gasteiger partial charge in [0.05, 0.1) is 17.7 Å². The second-order valence-electron chi connectivity index (χ2n) is 5.92. The molecule has 0 saturated heterocycles. The first-order valence-electron chi connectivity index (χ1n) is 6.73. The Balaban J connectivity index is 5.23. The van der Waals surface area contributed by atoms with E-state index in [1.807, 2.05) is 0 Å². The van der Waals surface area contributed by atoms with E-state index in [1.54, 1.807) is 20.8 Å². The molecule has 0 rings (SSSR count). The SMILES string of the molecule is CC(C)(C)[C@H](C(N)=O)C(NC(=O)O)SSC(CC(N)=O)NC(=O)O. The van der Waals surface area contributed by atoms with Gasteiger partial charge in [0.25, 0.3) is 0 Å². The van der Waals surface area contributed by atoms with Gasteiger partial charge < -0.3 is 32.3 Å². The number of amides is 4. The number of nitrogens with one attached hydrogen (secondary N) is 2. The largest absolute Gasteiger partial charge is 0.465 e. The van der Waals surface area contributed by atoms with E-state index in [9.17, 15) is 19.2 Å². The van der Waals surface area contributed by atoms with Crippen LogP contribution in [0, 0.1) is 11.3 Å². The molecule has 8 N–H and O–H groups in total. The zero-order chi connectivity index (χ0) is 19.1. The molecule has 0 spiro atoms. The van der Waals surface area contributed by atoms with Crippen molar-refractivity contribution < 1.29 is 29.4 Å². The summed E-state index contributed by atoms with van der Waals surface area (Å²) < 4.78 is 0. The molecule has 0 aromatic rings. The van der Waals surface area contributed by atoms with Gasteiger partial charge in [-0.3, -0.25) is 9.59 Å². The fourth-order valence-corrected chi connectivity index (χ4v) is 4.90. The fraction of sp³-hybridized carbons (Fsp3) is 0.667. The Morgan fingerprint density at radius 3 is 1.83 bits per heavy atom. The van der Waals surface area contributed by atoms with E-state index < -0.39 is 46.1 Å². The highest BCUT2D eigenvalue weighted by Crippen LogP contribution is 2.40. The van der Waals surface area contributed by atoms with Crippen molar-refractivity contribution in [1.82, 2.24) is 10.6 Å². The van der Waals surface area contributed by atoms with Gasteiger partial charge in [-0.05, 0) is 5.41 Å². The number of carbonyl (C=O) groups excluding carboxylic acids is 2. The maximum atomic E-state index is 11.8. The lowest BCUT2D eigenvalue weighted by atomic mass is 9.80. The minimum absolute atomic E-state index is 0.291. The van der Waals surface area contributed by atoms with Crippen LogP contribution in [-0.4, -0.2) is 45.0 Å². The van der Waals surface area contributed by atoms with E-state index in [0.717, 1.165) is 21.6 Å². The highest BCUT2D eigenvalue weighted by Gasteiger charge is 2.39. The maximum absolute atomic E-state index is 11.8. The van der Waals surface area contributed by atoms with Crippen molar-refractivity contribution in [2.24, 2.45) is 22.8 Å². The number of rotatable bonds is 9.